The molecular formula is C8H8F2S. The lowest BCUT2D eigenvalue weighted by Gasteiger charge is -1.94. The summed E-state index contributed by atoms with van der Waals surface area (Å²) in [5.74, 6) is -0.258. The molecule has 0 aliphatic rings. The lowest BCUT2D eigenvalue weighted by molar-refractivity contribution is 0.643. The molecule has 1 rings (SSSR count). The van der Waals surface area contributed by atoms with Gasteiger partial charge in [-0.3, -0.25) is 0 Å². The van der Waals surface area contributed by atoms with Gasteiger partial charge in [0, 0.05) is 4.88 Å². The molecule has 0 aliphatic carbocycles. The minimum absolute atomic E-state index is 0.258. The topological polar surface area (TPSA) is 0 Å². The van der Waals surface area contributed by atoms with Crippen molar-refractivity contribution >= 4 is 16.9 Å². The number of halogens is 2. The molecule has 1 aromatic heterocycles. The van der Waals surface area contributed by atoms with E-state index in [0.717, 1.165) is 11.3 Å². The molecule has 0 bridgehead atoms. The van der Waals surface area contributed by atoms with E-state index in [2.05, 4.69) is 0 Å². The van der Waals surface area contributed by atoms with Crippen LogP contribution in [0, 0.1) is 5.13 Å². The van der Waals surface area contributed by atoms with E-state index in [1.54, 1.807) is 13.0 Å². The summed E-state index contributed by atoms with van der Waals surface area (Å²) in [5.41, 5.74) is 0.513. The first-order valence-corrected chi connectivity index (χ1v) is 4.01. The zero-order valence-electron chi connectivity index (χ0n) is 6.32. The molecule has 11 heavy (non-hydrogen) atoms. The lowest BCUT2D eigenvalue weighted by atomic mass is 10.2. The Kier molecular flexibility index (Phi) is 2.39. The second-order valence-corrected chi connectivity index (χ2v) is 3.30. The Morgan fingerprint density at radius 2 is 2.00 bits per heavy atom. The highest BCUT2D eigenvalue weighted by atomic mass is 32.1. The Morgan fingerprint density at radius 3 is 2.36 bits per heavy atom. The molecule has 60 valence electrons. The number of hydrogen-bond donors (Lipinski definition) is 0. The first kappa shape index (κ1) is 8.40. The van der Waals surface area contributed by atoms with Crippen LogP contribution in [0.1, 0.15) is 18.7 Å². The van der Waals surface area contributed by atoms with Crippen LogP contribution in [-0.2, 0) is 0 Å². The van der Waals surface area contributed by atoms with Gasteiger partial charge >= 0.3 is 0 Å². The molecule has 0 amide bonds. The molecule has 0 aliphatic heterocycles. The summed E-state index contributed by atoms with van der Waals surface area (Å²) >= 11 is 0.960. The van der Waals surface area contributed by atoms with E-state index in [4.69, 9.17) is 0 Å². The summed E-state index contributed by atoms with van der Waals surface area (Å²) in [6.07, 6.45) is 0. The Balaban J connectivity index is 3.03. The smallest absolute Gasteiger partial charge is 0.176 e. The Hall–Kier alpha value is -0.700. The first-order valence-electron chi connectivity index (χ1n) is 3.20. The predicted molar refractivity (Wildman–Crippen MR) is 43.7 cm³/mol. The minimum atomic E-state index is -0.277. The van der Waals surface area contributed by atoms with Crippen LogP contribution in [0.5, 0.6) is 0 Å². The van der Waals surface area contributed by atoms with Crippen molar-refractivity contribution < 1.29 is 8.78 Å². The van der Waals surface area contributed by atoms with Crippen LogP contribution < -0.4 is 0 Å². The van der Waals surface area contributed by atoms with Gasteiger partial charge in [-0.1, -0.05) is 0 Å². The monoisotopic (exact) mass is 174 g/mol. The summed E-state index contributed by atoms with van der Waals surface area (Å²) in [7, 11) is 0. The van der Waals surface area contributed by atoms with Gasteiger partial charge in [0.1, 0.15) is 5.83 Å². The van der Waals surface area contributed by atoms with Crippen molar-refractivity contribution in [2.75, 3.05) is 0 Å². The van der Waals surface area contributed by atoms with E-state index in [9.17, 15) is 8.78 Å². The number of thiophene rings is 1. The molecule has 0 saturated carbocycles. The van der Waals surface area contributed by atoms with Crippen LogP contribution in [-0.4, -0.2) is 0 Å². The van der Waals surface area contributed by atoms with Crippen molar-refractivity contribution in [2.24, 2.45) is 0 Å². The van der Waals surface area contributed by atoms with Crippen molar-refractivity contribution in [3.05, 3.63) is 28.0 Å². The summed E-state index contributed by atoms with van der Waals surface area (Å²) in [4.78, 5) is 0.655. The maximum Gasteiger partial charge on any atom is 0.176 e. The van der Waals surface area contributed by atoms with Gasteiger partial charge in [-0.05, 0) is 31.6 Å². The summed E-state index contributed by atoms with van der Waals surface area (Å²) in [6.45, 7) is 3.01. The van der Waals surface area contributed by atoms with Gasteiger partial charge in [0.15, 0.2) is 5.13 Å². The summed E-state index contributed by atoms with van der Waals surface area (Å²) in [5, 5.41) is -0.277. The van der Waals surface area contributed by atoms with E-state index < -0.39 is 0 Å². The third kappa shape index (κ3) is 1.87. The second kappa shape index (κ2) is 3.13. The van der Waals surface area contributed by atoms with Crippen LogP contribution in [0.2, 0.25) is 0 Å². The molecule has 0 saturated heterocycles. The highest BCUT2D eigenvalue weighted by molar-refractivity contribution is 7.11. The van der Waals surface area contributed by atoms with Gasteiger partial charge < -0.3 is 0 Å². The molecule has 0 radical (unpaired) electrons. The van der Waals surface area contributed by atoms with Crippen LogP contribution in [0.4, 0.5) is 8.78 Å². The van der Waals surface area contributed by atoms with Gasteiger partial charge in [0.25, 0.3) is 0 Å². The number of hydrogen-bond acceptors (Lipinski definition) is 1. The molecule has 3 heteroatoms. The lowest BCUT2D eigenvalue weighted by Crippen LogP contribution is -1.73. The molecule has 0 atom stereocenters. The van der Waals surface area contributed by atoms with Gasteiger partial charge in [-0.25, -0.2) is 4.39 Å². The minimum Gasteiger partial charge on any atom is -0.212 e. The standard InChI is InChI=1S/C8H8F2S/c1-5(6(2)9)7-3-4-8(10)11-7/h3-4H,1-2H3/b6-5-. The zero-order valence-corrected chi connectivity index (χ0v) is 7.14. The fraction of sp³-hybridized carbons (Fsp3) is 0.250. The van der Waals surface area contributed by atoms with E-state index >= 15 is 0 Å². The summed E-state index contributed by atoms with van der Waals surface area (Å²) < 4.78 is 25.0. The Morgan fingerprint density at radius 1 is 1.36 bits per heavy atom. The number of allylic oxidation sites excluding steroid dienone is 2. The molecule has 0 nitrogen and oxygen atoms in total. The Labute approximate surface area is 68.2 Å². The van der Waals surface area contributed by atoms with Crippen molar-refractivity contribution in [1.29, 1.82) is 0 Å². The largest absolute Gasteiger partial charge is 0.212 e. The van der Waals surface area contributed by atoms with Crippen LogP contribution in [0.3, 0.4) is 0 Å². The van der Waals surface area contributed by atoms with Crippen LogP contribution in [0.15, 0.2) is 18.0 Å². The van der Waals surface area contributed by atoms with Crippen LogP contribution >= 0.6 is 11.3 Å². The third-order valence-corrected chi connectivity index (χ3v) is 2.45. The Bertz CT molecular complexity index is 282. The van der Waals surface area contributed by atoms with Crippen molar-refractivity contribution in [3.63, 3.8) is 0 Å². The van der Waals surface area contributed by atoms with Gasteiger partial charge in [0.2, 0.25) is 0 Å². The van der Waals surface area contributed by atoms with Crippen molar-refractivity contribution in [2.45, 2.75) is 13.8 Å². The van der Waals surface area contributed by atoms with Gasteiger partial charge in [-0.2, -0.15) is 4.39 Å². The van der Waals surface area contributed by atoms with E-state index in [1.165, 1.54) is 13.0 Å². The van der Waals surface area contributed by atoms with Crippen molar-refractivity contribution in [3.8, 4) is 0 Å². The molecule has 0 unspecified atom stereocenters. The average Bonchev–Trinajstić information content (AvgIpc) is 2.34. The molecular weight excluding hydrogens is 166 g/mol. The predicted octanol–water partition coefficient (Wildman–Crippen LogP) is 3.61. The van der Waals surface area contributed by atoms with Crippen LogP contribution in [0.25, 0.3) is 5.57 Å². The second-order valence-electron chi connectivity index (χ2n) is 2.26. The highest BCUT2D eigenvalue weighted by Crippen LogP contribution is 2.25. The molecule has 1 aromatic rings. The average molecular weight is 174 g/mol. The summed E-state index contributed by atoms with van der Waals surface area (Å²) in [6, 6.07) is 2.92. The quantitative estimate of drug-likeness (QED) is 0.610. The maximum atomic E-state index is 12.6. The highest BCUT2D eigenvalue weighted by Gasteiger charge is 2.03. The normalized spacial score (nSPS) is 13.1. The molecule has 0 aromatic carbocycles. The van der Waals surface area contributed by atoms with E-state index in [-0.39, 0.29) is 11.0 Å². The molecule has 0 fully saturated rings. The van der Waals surface area contributed by atoms with Crippen molar-refractivity contribution in [1.82, 2.24) is 0 Å². The molecule has 0 spiro atoms. The fourth-order valence-electron chi connectivity index (χ4n) is 0.686. The SMILES string of the molecule is C/C(F)=C(\C)c1ccc(F)s1. The molecule has 1 heterocycles. The van der Waals surface area contributed by atoms with Gasteiger partial charge in [0.05, 0.1) is 0 Å². The zero-order chi connectivity index (χ0) is 8.43. The third-order valence-electron chi connectivity index (χ3n) is 1.46. The van der Waals surface area contributed by atoms with E-state index in [0.29, 0.717) is 10.5 Å². The van der Waals surface area contributed by atoms with Gasteiger partial charge in [-0.15, -0.1) is 11.3 Å². The first-order chi connectivity index (χ1) is 5.11. The maximum absolute atomic E-state index is 12.6. The fourth-order valence-corrected chi connectivity index (χ4v) is 1.46. The number of rotatable bonds is 1. The van der Waals surface area contributed by atoms with E-state index in [1.807, 2.05) is 0 Å². The molecule has 0 N–H and O–H groups in total.